The van der Waals surface area contributed by atoms with E-state index in [2.05, 4.69) is 112 Å². The summed E-state index contributed by atoms with van der Waals surface area (Å²) in [6.07, 6.45) is 2.30. The Balaban J connectivity index is 2.02. The first kappa shape index (κ1) is 83.0. The average molecular weight is 1700 g/mol. The van der Waals surface area contributed by atoms with Gasteiger partial charge in [0.05, 0.1) is 89.0 Å². The number of esters is 6. The monoisotopic (exact) mass is 1690 g/mol. The van der Waals surface area contributed by atoms with Gasteiger partial charge in [-0.1, -0.05) is 115 Å². The Labute approximate surface area is 588 Å². The van der Waals surface area contributed by atoms with E-state index < -0.39 is 179 Å². The molecule has 0 aromatic rings. The number of hydrogen-bond donors (Lipinski definition) is 3. The number of amides is 5. The molecule has 4 atom stereocenters. The van der Waals surface area contributed by atoms with E-state index in [9.17, 15) is 52.7 Å². The number of fused-ring (bicyclic) bond motifs is 5. The average Bonchev–Trinajstić information content (AvgIpc) is 1.57. The maximum atomic E-state index is 15.0. The molecule has 5 amide bonds. The first-order chi connectivity index (χ1) is 42.0. The second-order valence-corrected chi connectivity index (χ2v) is 38.7. The van der Waals surface area contributed by atoms with Crippen LogP contribution in [0.15, 0.2) is 12.2 Å². The lowest BCUT2D eigenvalue weighted by atomic mass is 9.85. The lowest BCUT2D eigenvalue weighted by Gasteiger charge is -2.39. The van der Waals surface area contributed by atoms with Crippen LogP contribution in [0.25, 0.3) is 0 Å². The largest absolute Gasteiger partial charge is 0.464 e. The van der Waals surface area contributed by atoms with Crippen LogP contribution in [0.2, 0.25) is 0 Å². The Morgan fingerprint density at radius 1 is 0.424 bits per heavy atom. The Morgan fingerprint density at radius 2 is 0.707 bits per heavy atom. The number of nitrogens with one attached hydrogen (secondary N) is 3. The molecule has 0 aliphatic carbocycles. The van der Waals surface area contributed by atoms with Crippen molar-refractivity contribution in [1.82, 2.24) is 20.9 Å². The molecule has 0 saturated carbocycles. The minimum atomic E-state index is -1.94. The minimum Gasteiger partial charge on any atom is -0.464 e. The third-order valence-electron chi connectivity index (χ3n) is 14.3. The highest BCUT2D eigenvalue weighted by Crippen LogP contribution is 2.45. The number of nitrogens with zero attached hydrogens (tertiary/aromatic N) is 1. The first-order valence-corrected chi connectivity index (χ1v) is 34.3. The third-order valence-corrected chi connectivity index (χ3v) is 16.3. The molecule has 0 spiro atoms. The topological polar surface area (TPSA) is 329 Å². The highest BCUT2D eigenvalue weighted by Gasteiger charge is 2.60. The summed E-state index contributed by atoms with van der Waals surface area (Å²) in [5, 5.41) is 8.49. The van der Waals surface area contributed by atoms with Gasteiger partial charge in [-0.2, -0.15) is 0 Å². The highest BCUT2D eigenvalue weighted by molar-refractivity contribution is 9.11. The number of carbonyl (C=O) groups is 11. The SMILES string of the molecule is CC(COC(=O)C(C)(C)Br)(COC(=O)C(C)(C)Br)CC(=O)NC(CNC(=O)C(C)(COC(=O)C(C)(C)Br)COC(=O)C(C)(C)Br)(CNC(=O)C(C)(COC(=O)C(C)(C)Br)COC(=O)C(C)(C)Br)COCCOCCOCCOCCN1C(=O)C2C3C=CC(O3)C2C1=O. The second-order valence-electron chi connectivity index (χ2n) is 26.8. The van der Waals surface area contributed by atoms with Crippen molar-refractivity contribution in [2.45, 2.75) is 154 Å². The lowest BCUT2D eigenvalue weighted by Crippen LogP contribution is -2.66. The van der Waals surface area contributed by atoms with Crippen LogP contribution in [-0.4, -0.2) is 226 Å². The summed E-state index contributed by atoms with van der Waals surface area (Å²) >= 11 is 19.6. The van der Waals surface area contributed by atoms with Crippen LogP contribution in [0.3, 0.4) is 0 Å². The molecule has 524 valence electrons. The van der Waals surface area contributed by atoms with Crippen molar-refractivity contribution < 1.29 is 105 Å². The van der Waals surface area contributed by atoms with E-state index in [4.69, 9.17) is 52.1 Å². The third kappa shape index (κ3) is 26.0. The predicted molar refractivity (Wildman–Crippen MR) is 354 cm³/mol. The van der Waals surface area contributed by atoms with Crippen molar-refractivity contribution in [3.8, 4) is 0 Å². The number of imide groups is 1. The van der Waals surface area contributed by atoms with Gasteiger partial charge in [0.15, 0.2) is 0 Å². The molecule has 2 saturated heterocycles. The van der Waals surface area contributed by atoms with Gasteiger partial charge < -0.3 is 68.1 Å². The van der Waals surface area contributed by atoms with Crippen molar-refractivity contribution in [3.63, 3.8) is 0 Å². The van der Waals surface area contributed by atoms with E-state index in [1.807, 2.05) is 12.2 Å². The molecular formula is C60H90Br6N4O22. The van der Waals surface area contributed by atoms with Crippen LogP contribution in [0.4, 0.5) is 0 Å². The number of hydrogen-bond acceptors (Lipinski definition) is 22. The summed E-state index contributed by atoms with van der Waals surface area (Å²) in [7, 11) is 0. The van der Waals surface area contributed by atoms with Crippen LogP contribution < -0.4 is 16.0 Å². The van der Waals surface area contributed by atoms with Crippen molar-refractivity contribution in [2.75, 3.05) is 112 Å². The van der Waals surface area contributed by atoms with E-state index in [-0.39, 0.29) is 76.8 Å². The summed E-state index contributed by atoms with van der Waals surface area (Å²) < 4.78 is 55.6. The molecule has 3 aliphatic heterocycles. The van der Waals surface area contributed by atoms with E-state index in [1.165, 1.54) is 81.1 Å². The standard InChI is InChI=1S/C60H90Br6N4O22/c1-51(2,61)45(76)86-29-57(13,30-87-46(77)52(3,4)62)26-38(71)69-60(27-67-43(74)58(14,31-88-47(78)53(5,6)63)32-89-48(79)54(7,8)64,28-68-44(75)59(15,33-90-49(80)55(9,10)65)34-91-50(81)56(11,12)66)35-85-25-24-84-23-22-83-21-20-82-19-18-70-41(72)39-36-16-17-37(92-36)40(39)42(70)73/h16-17,36-37,39-40H,18-35H2,1-15H3,(H,67,74)(H,68,75)(H,69,71). The van der Waals surface area contributed by atoms with Crippen LogP contribution in [0.1, 0.15) is 110 Å². The number of alkyl halides is 6. The van der Waals surface area contributed by atoms with Gasteiger partial charge in [-0.05, 0) is 96.9 Å². The molecule has 3 N–H and O–H groups in total. The summed E-state index contributed by atoms with van der Waals surface area (Å²) in [5.41, 5.74) is -7.10. The molecule has 32 heteroatoms. The maximum Gasteiger partial charge on any atom is 0.322 e. The van der Waals surface area contributed by atoms with Crippen molar-refractivity contribution in [1.29, 1.82) is 0 Å². The van der Waals surface area contributed by atoms with Crippen molar-refractivity contribution in [3.05, 3.63) is 12.2 Å². The van der Waals surface area contributed by atoms with Gasteiger partial charge in [-0.15, -0.1) is 0 Å². The smallest absolute Gasteiger partial charge is 0.322 e. The zero-order chi connectivity index (χ0) is 70.3. The summed E-state index contributed by atoms with van der Waals surface area (Å²) in [6.45, 7) is 17.8. The zero-order valence-electron chi connectivity index (χ0n) is 54.9. The van der Waals surface area contributed by atoms with Crippen LogP contribution in [0.5, 0.6) is 0 Å². The molecule has 3 rings (SSSR count). The zero-order valence-corrected chi connectivity index (χ0v) is 64.4. The van der Waals surface area contributed by atoms with Gasteiger partial charge in [0.2, 0.25) is 29.5 Å². The van der Waals surface area contributed by atoms with Crippen molar-refractivity contribution in [2.24, 2.45) is 28.1 Å². The molecule has 92 heavy (non-hydrogen) atoms. The first-order valence-electron chi connectivity index (χ1n) is 29.6. The van der Waals surface area contributed by atoms with Gasteiger partial charge in [0.1, 0.15) is 76.4 Å². The van der Waals surface area contributed by atoms with E-state index in [0.717, 1.165) is 0 Å². The number of rotatable bonds is 41. The molecular weight excluding hydrogens is 1610 g/mol. The molecule has 2 fully saturated rings. The Bertz CT molecular complexity index is 2470. The van der Waals surface area contributed by atoms with E-state index in [1.54, 1.807) is 27.7 Å². The Kier molecular flexibility index (Phi) is 31.0. The van der Waals surface area contributed by atoms with Crippen molar-refractivity contribution >= 4 is 161 Å². The second kappa shape index (κ2) is 34.3. The van der Waals surface area contributed by atoms with Crippen LogP contribution in [-0.2, 0) is 105 Å². The molecule has 2 bridgehead atoms. The molecule has 0 aromatic heterocycles. The van der Waals surface area contributed by atoms with Crippen LogP contribution in [0, 0.1) is 28.1 Å². The Hall–Kier alpha value is -3.21. The van der Waals surface area contributed by atoms with E-state index in [0.29, 0.717) is 0 Å². The van der Waals surface area contributed by atoms with Gasteiger partial charge in [-0.25, -0.2) is 0 Å². The Morgan fingerprint density at radius 3 is 1.01 bits per heavy atom. The highest BCUT2D eigenvalue weighted by atomic mass is 79.9. The molecule has 26 nitrogen and oxygen atoms in total. The van der Waals surface area contributed by atoms with Crippen LogP contribution >= 0.6 is 95.6 Å². The fourth-order valence-electron chi connectivity index (χ4n) is 8.51. The molecule has 3 heterocycles. The predicted octanol–water partition coefficient (Wildman–Crippen LogP) is 5.79. The normalized spacial score (nSPS) is 18.0. The maximum absolute atomic E-state index is 15.0. The lowest BCUT2D eigenvalue weighted by molar-refractivity contribution is -0.161. The fraction of sp³-hybridized carbons (Fsp3) is 0.783. The molecule has 0 radical (unpaired) electrons. The minimum absolute atomic E-state index is 0.0696. The van der Waals surface area contributed by atoms with Gasteiger partial charge >= 0.3 is 35.8 Å². The van der Waals surface area contributed by atoms with Gasteiger partial charge in [0.25, 0.3) is 0 Å². The summed E-state index contributed by atoms with van der Waals surface area (Å²) in [6, 6.07) is 0. The summed E-state index contributed by atoms with van der Waals surface area (Å²) in [4.78, 5) is 151. The number of likely N-dealkylation sites (tertiary alicyclic amines) is 1. The number of ether oxygens (including phenoxy) is 11. The number of carbonyl (C=O) groups excluding carboxylic acids is 11. The fourth-order valence-corrected chi connectivity index (χ4v) is 9.20. The molecule has 3 aliphatic rings. The van der Waals surface area contributed by atoms with E-state index >= 15 is 0 Å². The van der Waals surface area contributed by atoms with Gasteiger partial charge in [-0.3, -0.25) is 57.6 Å². The summed E-state index contributed by atoms with van der Waals surface area (Å²) in [5.74, 6) is -8.65. The number of halogens is 6. The van der Waals surface area contributed by atoms with Gasteiger partial charge in [0, 0.05) is 24.9 Å². The molecule has 0 aromatic carbocycles. The quantitative estimate of drug-likeness (QED) is 0.0163. The molecule has 4 unspecified atom stereocenters.